The zero-order chi connectivity index (χ0) is 21.8. The molecule has 27 heavy (non-hydrogen) atoms. The SMILES string of the molecule is CC(C)(C)OC(=O)CC(CC(=O)O)(C(=O)OC(C)(C)C)C(=O)OC(C)(C)C. The molecule has 0 radical (unpaired) electrons. The number of esters is 3. The molecule has 0 atom stereocenters. The van der Waals surface area contributed by atoms with Gasteiger partial charge in [-0.15, -0.1) is 0 Å². The second kappa shape index (κ2) is 8.27. The molecule has 0 aromatic carbocycles. The molecule has 0 saturated heterocycles. The van der Waals surface area contributed by atoms with E-state index in [4.69, 9.17) is 14.2 Å². The van der Waals surface area contributed by atoms with Gasteiger partial charge in [-0.1, -0.05) is 0 Å². The number of carboxylic acids is 1. The molecular weight excluding hydrogens is 356 g/mol. The zero-order valence-corrected chi connectivity index (χ0v) is 17.7. The van der Waals surface area contributed by atoms with E-state index in [2.05, 4.69) is 0 Å². The number of carbonyl (C=O) groups is 4. The Kier molecular flexibility index (Phi) is 7.62. The van der Waals surface area contributed by atoms with Gasteiger partial charge < -0.3 is 19.3 Å². The first-order valence-electron chi connectivity index (χ1n) is 8.68. The first-order chi connectivity index (χ1) is 11.8. The van der Waals surface area contributed by atoms with Crippen molar-refractivity contribution >= 4 is 23.9 Å². The highest BCUT2D eigenvalue weighted by atomic mass is 16.6. The molecule has 0 fully saturated rings. The number of carbonyl (C=O) groups excluding carboxylic acids is 3. The number of rotatable bonds is 6. The fourth-order valence-corrected chi connectivity index (χ4v) is 2.07. The van der Waals surface area contributed by atoms with Gasteiger partial charge in [-0.05, 0) is 62.3 Å². The van der Waals surface area contributed by atoms with E-state index in [9.17, 15) is 24.3 Å². The maximum Gasteiger partial charge on any atom is 0.325 e. The molecule has 8 nitrogen and oxygen atoms in total. The van der Waals surface area contributed by atoms with Crippen LogP contribution in [0.15, 0.2) is 0 Å². The van der Waals surface area contributed by atoms with Gasteiger partial charge in [0.1, 0.15) is 16.8 Å². The van der Waals surface area contributed by atoms with Crippen LogP contribution in [0.3, 0.4) is 0 Å². The van der Waals surface area contributed by atoms with Crippen molar-refractivity contribution in [1.82, 2.24) is 0 Å². The highest BCUT2D eigenvalue weighted by Gasteiger charge is 2.54. The van der Waals surface area contributed by atoms with E-state index < -0.39 is 58.9 Å². The van der Waals surface area contributed by atoms with Crippen LogP contribution in [0.1, 0.15) is 75.2 Å². The van der Waals surface area contributed by atoms with E-state index in [-0.39, 0.29) is 0 Å². The van der Waals surface area contributed by atoms with Crippen molar-refractivity contribution < 1.29 is 38.5 Å². The molecule has 0 aliphatic carbocycles. The second-order valence-corrected chi connectivity index (χ2v) is 9.42. The largest absolute Gasteiger partial charge is 0.481 e. The maximum absolute atomic E-state index is 12.9. The van der Waals surface area contributed by atoms with Crippen molar-refractivity contribution in [3.05, 3.63) is 0 Å². The molecule has 156 valence electrons. The molecule has 0 saturated carbocycles. The number of hydrogen-bond acceptors (Lipinski definition) is 7. The highest BCUT2D eigenvalue weighted by Crippen LogP contribution is 2.35. The Labute approximate surface area is 160 Å². The highest BCUT2D eigenvalue weighted by molar-refractivity contribution is 6.05. The predicted octanol–water partition coefficient (Wildman–Crippen LogP) is 2.86. The lowest BCUT2D eigenvalue weighted by atomic mass is 9.80. The summed E-state index contributed by atoms with van der Waals surface area (Å²) in [5.41, 5.74) is -5.24. The van der Waals surface area contributed by atoms with Gasteiger partial charge in [-0.2, -0.15) is 0 Å². The average molecular weight is 388 g/mol. The van der Waals surface area contributed by atoms with Gasteiger partial charge in [-0.3, -0.25) is 19.2 Å². The van der Waals surface area contributed by atoms with Crippen LogP contribution >= 0.6 is 0 Å². The third-order valence-corrected chi connectivity index (χ3v) is 2.90. The third-order valence-electron chi connectivity index (χ3n) is 2.90. The molecule has 0 aromatic heterocycles. The van der Waals surface area contributed by atoms with Crippen LogP contribution in [0.2, 0.25) is 0 Å². The van der Waals surface area contributed by atoms with Gasteiger partial charge in [0.2, 0.25) is 0 Å². The lowest BCUT2D eigenvalue weighted by Crippen LogP contribution is -2.49. The number of hydrogen-bond donors (Lipinski definition) is 1. The summed E-state index contributed by atoms with van der Waals surface area (Å²) in [4.78, 5) is 49.5. The van der Waals surface area contributed by atoms with E-state index in [0.29, 0.717) is 0 Å². The smallest absolute Gasteiger partial charge is 0.325 e. The average Bonchev–Trinajstić information content (AvgIpc) is 2.29. The molecule has 1 N–H and O–H groups in total. The van der Waals surface area contributed by atoms with Crippen LogP contribution in [0.25, 0.3) is 0 Å². The van der Waals surface area contributed by atoms with Gasteiger partial charge in [0.05, 0.1) is 12.8 Å². The third kappa shape index (κ3) is 9.40. The van der Waals surface area contributed by atoms with Gasteiger partial charge in [0.15, 0.2) is 5.41 Å². The van der Waals surface area contributed by atoms with Crippen LogP contribution in [-0.2, 0) is 33.4 Å². The summed E-state index contributed by atoms with van der Waals surface area (Å²) < 4.78 is 15.7. The molecule has 0 rings (SSSR count). The van der Waals surface area contributed by atoms with E-state index in [1.807, 2.05) is 0 Å². The summed E-state index contributed by atoms with van der Waals surface area (Å²) >= 11 is 0. The fourth-order valence-electron chi connectivity index (χ4n) is 2.07. The Hall–Kier alpha value is -2.12. The minimum atomic E-state index is -2.35. The lowest BCUT2D eigenvalue weighted by Gasteiger charge is -2.34. The molecular formula is C19H32O8. The standard InChI is InChI=1S/C19H32O8/c1-16(2,3)25-13(22)11-19(10-12(20)21,14(23)26-17(4,5)6)15(24)27-18(7,8)9/h10-11H2,1-9H3,(H,20,21). The first-order valence-corrected chi connectivity index (χ1v) is 8.68. The number of ether oxygens (including phenoxy) is 3. The topological polar surface area (TPSA) is 116 Å². The maximum atomic E-state index is 12.9. The molecule has 0 amide bonds. The van der Waals surface area contributed by atoms with E-state index in [0.717, 1.165) is 0 Å². The molecule has 0 spiro atoms. The Morgan fingerprint density at radius 2 is 0.963 bits per heavy atom. The summed E-state index contributed by atoms with van der Waals surface area (Å²) in [5, 5.41) is 9.32. The van der Waals surface area contributed by atoms with Crippen LogP contribution in [0.4, 0.5) is 0 Å². The normalized spacial score (nSPS) is 12.9. The van der Waals surface area contributed by atoms with Crippen molar-refractivity contribution in [1.29, 1.82) is 0 Å². The van der Waals surface area contributed by atoms with Crippen LogP contribution < -0.4 is 0 Å². The summed E-state index contributed by atoms with van der Waals surface area (Å²) in [6.45, 7) is 14.3. The van der Waals surface area contributed by atoms with Gasteiger partial charge in [0, 0.05) is 0 Å². The molecule has 0 bridgehead atoms. The molecule has 0 aliphatic heterocycles. The lowest BCUT2D eigenvalue weighted by molar-refractivity contribution is -0.193. The minimum Gasteiger partial charge on any atom is -0.481 e. The molecule has 0 unspecified atom stereocenters. The Bertz CT molecular complexity index is 556. The van der Waals surface area contributed by atoms with Gasteiger partial charge in [-0.25, -0.2) is 0 Å². The van der Waals surface area contributed by atoms with Gasteiger partial charge >= 0.3 is 23.9 Å². The second-order valence-electron chi connectivity index (χ2n) is 9.42. The van der Waals surface area contributed by atoms with Crippen molar-refractivity contribution in [3.63, 3.8) is 0 Å². The van der Waals surface area contributed by atoms with Crippen molar-refractivity contribution in [2.45, 2.75) is 92.0 Å². The van der Waals surface area contributed by atoms with Crippen molar-refractivity contribution in [2.24, 2.45) is 5.41 Å². The van der Waals surface area contributed by atoms with E-state index >= 15 is 0 Å². The number of aliphatic carboxylic acids is 1. The Morgan fingerprint density at radius 3 is 1.22 bits per heavy atom. The minimum absolute atomic E-state index is 0.805. The molecule has 0 heterocycles. The van der Waals surface area contributed by atoms with Crippen LogP contribution in [-0.4, -0.2) is 45.8 Å². The molecule has 8 heteroatoms. The molecule has 0 aromatic rings. The number of carboxylic acid groups (broad SMARTS) is 1. The zero-order valence-electron chi connectivity index (χ0n) is 17.7. The molecule has 0 aliphatic rings. The van der Waals surface area contributed by atoms with Crippen LogP contribution in [0.5, 0.6) is 0 Å². The predicted molar refractivity (Wildman–Crippen MR) is 96.8 cm³/mol. The van der Waals surface area contributed by atoms with E-state index in [1.54, 1.807) is 62.3 Å². The van der Waals surface area contributed by atoms with Gasteiger partial charge in [0.25, 0.3) is 0 Å². The van der Waals surface area contributed by atoms with Crippen molar-refractivity contribution in [2.75, 3.05) is 0 Å². The first kappa shape index (κ1) is 24.9. The fraction of sp³-hybridized carbons (Fsp3) is 0.789. The van der Waals surface area contributed by atoms with Crippen molar-refractivity contribution in [3.8, 4) is 0 Å². The summed E-state index contributed by atoms with van der Waals surface area (Å²) in [5.74, 6) is -4.63. The van der Waals surface area contributed by atoms with Crippen LogP contribution in [0, 0.1) is 5.41 Å². The summed E-state index contributed by atoms with van der Waals surface area (Å²) in [7, 11) is 0. The summed E-state index contributed by atoms with van der Waals surface area (Å²) in [6, 6.07) is 0. The summed E-state index contributed by atoms with van der Waals surface area (Å²) in [6.07, 6.45) is -1.77. The Balaban J connectivity index is 6.15. The van der Waals surface area contributed by atoms with E-state index in [1.165, 1.54) is 0 Å². The monoisotopic (exact) mass is 388 g/mol. The Morgan fingerprint density at radius 1 is 0.630 bits per heavy atom. The quantitative estimate of drug-likeness (QED) is 0.419.